The molecule has 3 aliphatic rings. The number of piperazine rings is 1. The number of aliphatic carboxylic acids is 1. The zero-order chi connectivity index (χ0) is 38.9. The minimum atomic E-state index is -4.88. The van der Waals surface area contributed by atoms with Crippen molar-refractivity contribution in [2.45, 2.75) is 75.9 Å². The smallest absolute Gasteiger partial charge is 0.425 e. The fourth-order valence-corrected chi connectivity index (χ4v) is 8.14. The van der Waals surface area contributed by atoms with Crippen LogP contribution in [-0.2, 0) is 21.9 Å². The van der Waals surface area contributed by atoms with Crippen molar-refractivity contribution in [3.05, 3.63) is 70.2 Å². The highest BCUT2D eigenvalue weighted by Crippen LogP contribution is 2.49. The number of carbonyl (C=O) groups excluding carboxylic acids is 2. The molecular formula is C37H40F6N4O6S. The van der Waals surface area contributed by atoms with E-state index in [1.54, 1.807) is 19.1 Å². The number of para-hydroxylation sites is 2. The Balaban J connectivity index is 1.28. The van der Waals surface area contributed by atoms with Crippen LogP contribution >= 0.6 is 11.3 Å². The van der Waals surface area contributed by atoms with Gasteiger partial charge >= 0.3 is 18.3 Å². The molecule has 1 aliphatic carbocycles. The number of carboxylic acid groups (broad SMARTS) is 1. The summed E-state index contributed by atoms with van der Waals surface area (Å²) in [4.78, 5) is 47.8. The third-order valence-electron chi connectivity index (χ3n) is 10.3. The van der Waals surface area contributed by atoms with E-state index in [0.717, 1.165) is 42.4 Å². The first-order valence-electron chi connectivity index (χ1n) is 17.7. The van der Waals surface area contributed by atoms with Crippen LogP contribution in [0.3, 0.4) is 0 Å². The summed E-state index contributed by atoms with van der Waals surface area (Å²) in [6.07, 6.45) is -5.65. The Hall–Kier alpha value is -4.54. The number of halogens is 6. The number of carbonyl (C=O) groups is 3. The van der Waals surface area contributed by atoms with Crippen molar-refractivity contribution in [2.75, 3.05) is 44.2 Å². The van der Waals surface area contributed by atoms with Gasteiger partial charge in [-0.2, -0.15) is 26.3 Å². The van der Waals surface area contributed by atoms with Gasteiger partial charge in [0.25, 0.3) is 11.8 Å². The summed E-state index contributed by atoms with van der Waals surface area (Å²) in [6, 6.07) is 7.66. The molecule has 17 heteroatoms. The molecule has 54 heavy (non-hydrogen) atoms. The molecule has 3 aromatic rings. The van der Waals surface area contributed by atoms with Gasteiger partial charge in [0.2, 0.25) is 5.60 Å². The normalized spacial score (nSPS) is 21.5. The maximum Gasteiger partial charge on any atom is 0.425 e. The third kappa shape index (κ3) is 8.25. The summed E-state index contributed by atoms with van der Waals surface area (Å²) in [5.74, 6) is -2.14. The first-order chi connectivity index (χ1) is 25.6. The van der Waals surface area contributed by atoms with Crippen LogP contribution in [0.15, 0.2) is 54.2 Å². The fraction of sp³-hybridized carbons (Fsp3) is 0.514. The van der Waals surface area contributed by atoms with Crippen LogP contribution in [0, 0.1) is 5.41 Å². The number of carboxylic acids is 1. The Kier molecular flexibility index (Phi) is 11.1. The molecule has 1 N–H and O–H groups in total. The van der Waals surface area contributed by atoms with E-state index in [9.17, 15) is 45.8 Å². The Morgan fingerprint density at radius 1 is 0.981 bits per heavy atom. The van der Waals surface area contributed by atoms with Crippen LogP contribution in [0.25, 0.3) is 0 Å². The maximum atomic E-state index is 14.9. The lowest BCUT2D eigenvalue weighted by atomic mass is 9.79. The monoisotopic (exact) mass is 782 g/mol. The number of thiophene rings is 1. The topological polar surface area (TPSA) is 113 Å². The predicted octanol–water partition coefficient (Wildman–Crippen LogP) is 7.39. The number of alkyl halides is 6. The SMILES string of the molecule is CCC[C@@H]1N(C(=O)c2cnccc2C(F)(F)F)CCC[C@]1(Oc1csc(C(F)(F)F)c1)C(=O)N1CCN(c2ccccc2OCC2(CC(=O)O)CC2)CC1. The van der Waals surface area contributed by atoms with Crippen molar-refractivity contribution in [2.24, 2.45) is 5.41 Å². The first-order valence-corrected chi connectivity index (χ1v) is 18.6. The number of aromatic nitrogens is 1. The van der Waals surface area contributed by atoms with Crippen molar-refractivity contribution in [3.8, 4) is 11.5 Å². The molecule has 4 heterocycles. The highest BCUT2D eigenvalue weighted by molar-refractivity contribution is 7.10. The zero-order valence-electron chi connectivity index (χ0n) is 29.4. The Bertz CT molecular complexity index is 1840. The van der Waals surface area contributed by atoms with Gasteiger partial charge in [0.05, 0.1) is 35.9 Å². The summed E-state index contributed by atoms with van der Waals surface area (Å²) in [6.45, 7) is 2.97. The minimum Gasteiger partial charge on any atom is -0.491 e. The molecule has 1 saturated carbocycles. The molecule has 1 aromatic carbocycles. The number of nitrogens with zero attached hydrogens (tertiary/aromatic N) is 4. The molecule has 2 saturated heterocycles. The molecule has 6 rings (SSSR count). The summed E-state index contributed by atoms with van der Waals surface area (Å²) in [5, 5.41) is 10.5. The van der Waals surface area contributed by atoms with Gasteiger partial charge in [0, 0.05) is 68.4 Å². The minimum absolute atomic E-state index is 0.00558. The van der Waals surface area contributed by atoms with E-state index in [0.29, 0.717) is 42.7 Å². The van der Waals surface area contributed by atoms with Crippen molar-refractivity contribution >= 4 is 34.8 Å². The molecule has 2 aliphatic heterocycles. The lowest BCUT2D eigenvalue weighted by Crippen LogP contribution is -2.69. The van der Waals surface area contributed by atoms with Gasteiger partial charge in [-0.1, -0.05) is 25.5 Å². The van der Waals surface area contributed by atoms with E-state index in [-0.39, 0.29) is 57.7 Å². The number of pyridine rings is 1. The fourth-order valence-electron chi connectivity index (χ4n) is 7.46. The molecule has 0 bridgehead atoms. The number of hydrogen-bond acceptors (Lipinski definition) is 8. The third-order valence-corrected chi connectivity index (χ3v) is 11.3. The lowest BCUT2D eigenvalue weighted by Gasteiger charge is -2.50. The second kappa shape index (κ2) is 15.3. The largest absolute Gasteiger partial charge is 0.491 e. The van der Waals surface area contributed by atoms with Gasteiger partial charge in [-0.05, 0) is 43.9 Å². The summed E-state index contributed by atoms with van der Waals surface area (Å²) in [5.41, 5.74) is -3.47. The number of rotatable bonds is 12. The lowest BCUT2D eigenvalue weighted by molar-refractivity contribution is -0.159. The Morgan fingerprint density at radius 3 is 2.33 bits per heavy atom. The van der Waals surface area contributed by atoms with Gasteiger partial charge in [0.15, 0.2) is 0 Å². The standard InChI is InChI=1S/C37H40F6N4O6S/c1-2-6-29-35(53-24-19-30(54-22-24)37(41,42)43,10-5-14-47(29)32(50)25-21-44-13-9-26(25)36(38,39)40)33(51)46-17-15-45(16-18-46)27-7-3-4-8-28(27)52-23-34(11-12-34)20-31(48)49/h3-4,7-9,13,19,21-22,29H,2,5-6,10-12,14-18,20,23H2,1H3,(H,48,49)/t29-,35+/m0/s1. The van der Waals surface area contributed by atoms with Gasteiger partial charge < -0.3 is 29.3 Å². The Morgan fingerprint density at radius 2 is 1.70 bits per heavy atom. The molecule has 0 radical (unpaired) electrons. The molecular weight excluding hydrogens is 742 g/mol. The highest BCUT2D eigenvalue weighted by atomic mass is 32.1. The van der Waals surface area contributed by atoms with Gasteiger partial charge in [0.1, 0.15) is 16.4 Å². The predicted molar refractivity (Wildman–Crippen MR) is 186 cm³/mol. The first kappa shape index (κ1) is 39.2. The number of anilines is 1. The number of ether oxygens (including phenoxy) is 2. The quantitative estimate of drug-likeness (QED) is 0.190. The molecule has 2 aromatic heterocycles. The highest BCUT2D eigenvalue weighted by Gasteiger charge is 2.56. The van der Waals surface area contributed by atoms with Crippen LogP contribution in [-0.4, -0.2) is 88.6 Å². The molecule has 0 unspecified atom stereocenters. The maximum absolute atomic E-state index is 14.9. The molecule has 3 fully saturated rings. The van der Waals surface area contributed by atoms with Crippen LogP contribution in [0.2, 0.25) is 0 Å². The van der Waals surface area contributed by atoms with Crippen molar-refractivity contribution in [1.82, 2.24) is 14.8 Å². The second-order valence-corrected chi connectivity index (χ2v) is 15.0. The van der Waals surface area contributed by atoms with E-state index in [1.165, 1.54) is 9.80 Å². The summed E-state index contributed by atoms with van der Waals surface area (Å²) in [7, 11) is 0. The number of piperidine rings is 1. The van der Waals surface area contributed by atoms with E-state index >= 15 is 0 Å². The van der Waals surface area contributed by atoms with E-state index in [4.69, 9.17) is 9.47 Å². The average Bonchev–Trinajstić information content (AvgIpc) is 3.72. The van der Waals surface area contributed by atoms with E-state index < -0.39 is 63.2 Å². The molecule has 10 nitrogen and oxygen atoms in total. The van der Waals surface area contributed by atoms with Crippen molar-refractivity contribution in [1.29, 1.82) is 0 Å². The van der Waals surface area contributed by atoms with Gasteiger partial charge in [-0.3, -0.25) is 19.4 Å². The summed E-state index contributed by atoms with van der Waals surface area (Å²) >= 11 is 0.389. The van der Waals surface area contributed by atoms with Gasteiger partial charge in [-0.25, -0.2) is 0 Å². The van der Waals surface area contributed by atoms with E-state index in [1.807, 2.05) is 17.0 Å². The number of benzene rings is 1. The van der Waals surface area contributed by atoms with Crippen LogP contribution in [0.1, 0.15) is 72.7 Å². The van der Waals surface area contributed by atoms with Crippen LogP contribution < -0.4 is 14.4 Å². The number of amides is 2. The number of likely N-dealkylation sites (tertiary alicyclic amines) is 1. The van der Waals surface area contributed by atoms with Crippen molar-refractivity contribution in [3.63, 3.8) is 0 Å². The molecule has 0 spiro atoms. The Labute approximate surface area is 311 Å². The molecule has 292 valence electrons. The van der Waals surface area contributed by atoms with Crippen LogP contribution in [0.5, 0.6) is 11.5 Å². The van der Waals surface area contributed by atoms with Gasteiger partial charge in [-0.15, -0.1) is 11.3 Å². The van der Waals surface area contributed by atoms with Crippen LogP contribution in [0.4, 0.5) is 32.0 Å². The zero-order valence-corrected chi connectivity index (χ0v) is 30.2. The molecule has 2 atom stereocenters. The summed E-state index contributed by atoms with van der Waals surface area (Å²) < 4.78 is 95.6. The average molecular weight is 783 g/mol. The van der Waals surface area contributed by atoms with E-state index in [2.05, 4.69) is 4.98 Å². The number of hydrogen-bond donors (Lipinski definition) is 1. The molecule has 2 amide bonds. The van der Waals surface area contributed by atoms with Crippen molar-refractivity contribution < 1.29 is 55.3 Å². The second-order valence-electron chi connectivity index (χ2n) is 14.1.